The molecule has 0 radical (unpaired) electrons. The Labute approximate surface area is 138 Å². The van der Waals surface area contributed by atoms with Crippen LogP contribution in [-0.4, -0.2) is 26.7 Å². The number of thioether (sulfide) groups is 1. The number of aromatic nitrogens is 2. The van der Waals surface area contributed by atoms with Gasteiger partial charge in [0, 0.05) is 12.7 Å². The van der Waals surface area contributed by atoms with Gasteiger partial charge in [0.2, 0.25) is 0 Å². The third-order valence-corrected chi connectivity index (χ3v) is 4.29. The summed E-state index contributed by atoms with van der Waals surface area (Å²) < 4.78 is 1.90. The van der Waals surface area contributed by atoms with Crippen molar-refractivity contribution in [3.63, 3.8) is 0 Å². The van der Waals surface area contributed by atoms with Crippen LogP contribution in [0, 0.1) is 0 Å². The fourth-order valence-electron chi connectivity index (χ4n) is 2.46. The van der Waals surface area contributed by atoms with Gasteiger partial charge in [0.15, 0.2) is 10.9 Å². The molecule has 0 atom stereocenters. The molecule has 23 heavy (non-hydrogen) atoms. The largest absolute Gasteiger partial charge is 0.392 e. The summed E-state index contributed by atoms with van der Waals surface area (Å²) in [5.41, 5.74) is 2.91. The smallest absolute Gasteiger partial charge is 0.272 e. The third-order valence-electron chi connectivity index (χ3n) is 3.64. The van der Waals surface area contributed by atoms with Crippen LogP contribution in [0.25, 0.3) is 5.52 Å². The first-order valence-corrected chi connectivity index (χ1v) is 8.44. The molecule has 0 aliphatic carbocycles. The number of imidazole rings is 1. The highest BCUT2D eigenvalue weighted by atomic mass is 32.2. The molecular formula is C17H17N3O2S. The summed E-state index contributed by atoms with van der Waals surface area (Å²) in [5, 5.41) is 13.0. The van der Waals surface area contributed by atoms with Crippen LogP contribution in [0.2, 0.25) is 0 Å². The number of aliphatic hydroxyl groups is 1. The van der Waals surface area contributed by atoms with Gasteiger partial charge in [-0.3, -0.25) is 9.20 Å². The normalized spacial score (nSPS) is 10.9. The fraction of sp³-hybridized carbons (Fsp3) is 0.176. The molecule has 2 heterocycles. The monoisotopic (exact) mass is 327 g/mol. The van der Waals surface area contributed by atoms with Crippen LogP contribution in [-0.2, 0) is 13.2 Å². The van der Waals surface area contributed by atoms with Gasteiger partial charge < -0.3 is 10.4 Å². The Balaban J connectivity index is 1.84. The van der Waals surface area contributed by atoms with Crippen molar-refractivity contribution >= 4 is 23.2 Å². The van der Waals surface area contributed by atoms with Crippen molar-refractivity contribution in [1.82, 2.24) is 14.7 Å². The highest BCUT2D eigenvalue weighted by Gasteiger charge is 2.16. The summed E-state index contributed by atoms with van der Waals surface area (Å²) in [7, 11) is 0. The van der Waals surface area contributed by atoms with E-state index in [1.54, 1.807) is 0 Å². The van der Waals surface area contributed by atoms with Gasteiger partial charge in [-0.1, -0.05) is 42.1 Å². The number of nitrogens with zero attached hydrogens (tertiary/aromatic N) is 2. The van der Waals surface area contributed by atoms with E-state index < -0.39 is 0 Å². The third kappa shape index (κ3) is 3.09. The van der Waals surface area contributed by atoms with Crippen molar-refractivity contribution < 1.29 is 9.90 Å². The lowest BCUT2D eigenvalue weighted by Crippen LogP contribution is -2.24. The first-order chi connectivity index (χ1) is 11.2. The van der Waals surface area contributed by atoms with E-state index in [0.29, 0.717) is 12.2 Å². The van der Waals surface area contributed by atoms with Gasteiger partial charge >= 0.3 is 0 Å². The molecule has 2 N–H and O–H groups in total. The van der Waals surface area contributed by atoms with E-state index in [0.717, 1.165) is 21.8 Å². The summed E-state index contributed by atoms with van der Waals surface area (Å²) >= 11 is 1.50. The summed E-state index contributed by atoms with van der Waals surface area (Å²) in [5.74, 6) is -0.221. The van der Waals surface area contributed by atoms with Crippen LogP contribution in [0.4, 0.5) is 0 Å². The van der Waals surface area contributed by atoms with Gasteiger partial charge in [-0.2, -0.15) is 0 Å². The van der Waals surface area contributed by atoms with Gasteiger partial charge in [-0.25, -0.2) is 4.98 Å². The maximum atomic E-state index is 12.5. The lowest BCUT2D eigenvalue weighted by molar-refractivity contribution is 0.0947. The minimum absolute atomic E-state index is 0.0456. The minimum atomic E-state index is -0.221. The molecule has 6 heteroatoms. The number of rotatable bonds is 5. The van der Waals surface area contributed by atoms with E-state index in [1.165, 1.54) is 11.8 Å². The van der Waals surface area contributed by atoms with Crippen LogP contribution in [0.5, 0.6) is 0 Å². The zero-order chi connectivity index (χ0) is 16.2. The number of nitrogens with one attached hydrogen (secondary N) is 1. The average molecular weight is 327 g/mol. The van der Waals surface area contributed by atoms with Gasteiger partial charge in [0.25, 0.3) is 5.91 Å². The first kappa shape index (κ1) is 15.6. The summed E-state index contributed by atoms with van der Waals surface area (Å²) in [6.07, 6.45) is 3.83. The Morgan fingerprint density at radius 2 is 1.96 bits per heavy atom. The van der Waals surface area contributed by atoms with Crippen molar-refractivity contribution in [3.05, 3.63) is 65.5 Å². The predicted octanol–water partition coefficient (Wildman–Crippen LogP) is 2.48. The van der Waals surface area contributed by atoms with Gasteiger partial charge in [-0.15, -0.1) is 0 Å². The minimum Gasteiger partial charge on any atom is -0.392 e. The molecule has 2 aromatic heterocycles. The van der Waals surface area contributed by atoms with Crippen LogP contribution >= 0.6 is 11.8 Å². The number of carbonyl (C=O) groups excluding carboxylic acids is 1. The lowest BCUT2D eigenvalue weighted by Gasteiger charge is -2.08. The second kappa shape index (κ2) is 6.85. The summed E-state index contributed by atoms with van der Waals surface area (Å²) in [4.78, 5) is 16.9. The van der Waals surface area contributed by atoms with Crippen molar-refractivity contribution in [2.24, 2.45) is 0 Å². The van der Waals surface area contributed by atoms with Crippen molar-refractivity contribution in [2.45, 2.75) is 18.3 Å². The number of hydrogen-bond donors (Lipinski definition) is 2. The molecule has 0 bridgehead atoms. The molecule has 3 rings (SSSR count). The zero-order valence-electron chi connectivity index (χ0n) is 12.7. The molecule has 5 nitrogen and oxygen atoms in total. The van der Waals surface area contributed by atoms with E-state index in [2.05, 4.69) is 10.3 Å². The van der Waals surface area contributed by atoms with Gasteiger partial charge in [0.1, 0.15) is 0 Å². The van der Waals surface area contributed by atoms with Gasteiger partial charge in [0.05, 0.1) is 12.1 Å². The highest BCUT2D eigenvalue weighted by molar-refractivity contribution is 7.98. The van der Waals surface area contributed by atoms with Crippen molar-refractivity contribution in [1.29, 1.82) is 0 Å². The standard InChI is InChI=1S/C17H17N3O2S/c1-23-17-19-15(14-8-4-5-9-20(14)17)16(22)18-10-12-6-2-3-7-13(12)11-21/h2-9,21H,10-11H2,1H3,(H,18,22). The van der Waals surface area contributed by atoms with E-state index in [9.17, 15) is 9.90 Å². The number of aliphatic hydroxyl groups excluding tert-OH is 1. The summed E-state index contributed by atoms with van der Waals surface area (Å²) in [6, 6.07) is 13.2. The van der Waals surface area contributed by atoms with E-state index in [-0.39, 0.29) is 12.5 Å². The Hall–Kier alpha value is -2.31. The van der Waals surface area contributed by atoms with Crippen LogP contribution in [0.15, 0.2) is 53.8 Å². The molecule has 0 spiro atoms. The summed E-state index contributed by atoms with van der Waals surface area (Å²) in [6.45, 7) is 0.312. The second-order valence-electron chi connectivity index (χ2n) is 5.01. The van der Waals surface area contributed by atoms with Crippen LogP contribution in [0.3, 0.4) is 0 Å². The molecule has 3 aromatic rings. The molecule has 1 aromatic carbocycles. The zero-order valence-corrected chi connectivity index (χ0v) is 13.5. The Morgan fingerprint density at radius 3 is 2.70 bits per heavy atom. The molecule has 0 fully saturated rings. The average Bonchev–Trinajstić information content (AvgIpc) is 2.99. The van der Waals surface area contributed by atoms with E-state index in [1.807, 2.05) is 59.3 Å². The number of fused-ring (bicyclic) bond motifs is 1. The van der Waals surface area contributed by atoms with Crippen LogP contribution in [0.1, 0.15) is 21.6 Å². The predicted molar refractivity (Wildman–Crippen MR) is 90.5 cm³/mol. The maximum Gasteiger partial charge on any atom is 0.272 e. The molecule has 0 saturated carbocycles. The molecule has 1 amide bonds. The molecule has 0 unspecified atom stereocenters. The number of carbonyl (C=O) groups is 1. The number of amides is 1. The van der Waals surface area contributed by atoms with Gasteiger partial charge in [-0.05, 0) is 29.5 Å². The molecule has 0 aliphatic heterocycles. The maximum absolute atomic E-state index is 12.5. The topological polar surface area (TPSA) is 66.6 Å². The number of benzene rings is 1. The molecule has 118 valence electrons. The highest BCUT2D eigenvalue weighted by Crippen LogP contribution is 2.20. The Morgan fingerprint density at radius 1 is 1.22 bits per heavy atom. The first-order valence-electron chi connectivity index (χ1n) is 7.21. The Kier molecular flexibility index (Phi) is 4.64. The van der Waals surface area contributed by atoms with E-state index >= 15 is 0 Å². The van der Waals surface area contributed by atoms with Crippen molar-refractivity contribution in [2.75, 3.05) is 6.26 Å². The molecule has 0 saturated heterocycles. The molecule has 0 aliphatic rings. The fourth-order valence-corrected chi connectivity index (χ4v) is 3.00. The lowest BCUT2D eigenvalue weighted by atomic mass is 10.1. The Bertz CT molecular complexity index is 845. The SMILES string of the molecule is CSc1nc(C(=O)NCc2ccccc2CO)c2ccccn12. The van der Waals surface area contributed by atoms with Crippen molar-refractivity contribution in [3.8, 4) is 0 Å². The van der Waals surface area contributed by atoms with E-state index in [4.69, 9.17) is 0 Å². The number of pyridine rings is 1. The number of hydrogen-bond acceptors (Lipinski definition) is 4. The second-order valence-corrected chi connectivity index (χ2v) is 5.79. The quantitative estimate of drug-likeness (QED) is 0.707. The van der Waals surface area contributed by atoms with Crippen LogP contribution < -0.4 is 5.32 Å². The molecular weight excluding hydrogens is 310 g/mol.